The van der Waals surface area contributed by atoms with E-state index in [1.165, 1.54) is 0 Å². The van der Waals surface area contributed by atoms with E-state index in [-0.39, 0.29) is 17.5 Å². The van der Waals surface area contributed by atoms with Crippen molar-refractivity contribution in [1.82, 2.24) is 4.98 Å². The van der Waals surface area contributed by atoms with E-state index in [1.54, 1.807) is 12.1 Å². The molecule has 0 aliphatic heterocycles. The van der Waals surface area contributed by atoms with Crippen LogP contribution in [0.15, 0.2) is 24.4 Å². The van der Waals surface area contributed by atoms with Crippen LogP contribution in [0, 0.1) is 5.92 Å². The molecule has 1 aromatic carbocycles. The quantitative estimate of drug-likeness (QED) is 0.732. The maximum atomic E-state index is 12.3. The number of hydrogen-bond donors (Lipinski definition) is 3. The number of rotatable bonds is 7. The van der Waals surface area contributed by atoms with E-state index >= 15 is 0 Å². The van der Waals surface area contributed by atoms with Crippen LogP contribution in [0.3, 0.4) is 0 Å². The van der Waals surface area contributed by atoms with E-state index in [0.717, 1.165) is 35.7 Å². The molecule has 1 aromatic heterocycles. The number of carbonyl (C=O) groups is 1. The normalized spacial score (nSPS) is 14.2. The lowest BCUT2D eigenvalue weighted by Gasteiger charge is -2.15. The molecule has 2 rings (SSSR count). The molecule has 4 nitrogen and oxygen atoms in total. The predicted molar refractivity (Wildman–Crippen MR) is 85.3 cm³/mol. The van der Waals surface area contributed by atoms with Crippen molar-refractivity contribution >= 4 is 16.7 Å². The number of nitrogens with two attached hydrogens (primary N) is 1. The molecule has 1 heterocycles. The van der Waals surface area contributed by atoms with Gasteiger partial charge in [0.05, 0.1) is 6.04 Å². The van der Waals surface area contributed by atoms with Gasteiger partial charge in [0.1, 0.15) is 5.75 Å². The number of unbranched alkanes of at least 4 members (excludes halogenated alkanes) is 1. The van der Waals surface area contributed by atoms with Gasteiger partial charge in [-0.1, -0.05) is 26.7 Å². The Bertz CT molecular complexity index is 618. The van der Waals surface area contributed by atoms with E-state index in [2.05, 4.69) is 11.9 Å². The first kappa shape index (κ1) is 15.6. The molecule has 0 spiro atoms. The third-order valence-corrected chi connectivity index (χ3v) is 4.03. The third kappa shape index (κ3) is 3.64. The Morgan fingerprint density at radius 2 is 2.19 bits per heavy atom. The van der Waals surface area contributed by atoms with Crippen LogP contribution in [-0.2, 0) is 11.2 Å². The first-order chi connectivity index (χ1) is 10.0. The minimum Gasteiger partial charge on any atom is -0.508 e. The smallest absolute Gasteiger partial charge is 0.152 e. The number of H-pyrrole nitrogens is 1. The summed E-state index contributed by atoms with van der Waals surface area (Å²) in [5.74, 6) is 0.357. The Morgan fingerprint density at radius 3 is 2.90 bits per heavy atom. The zero-order chi connectivity index (χ0) is 15.4. The minimum atomic E-state index is -0.488. The summed E-state index contributed by atoms with van der Waals surface area (Å²) in [6.07, 6.45) is 5.42. The van der Waals surface area contributed by atoms with Crippen LogP contribution < -0.4 is 5.73 Å². The number of aromatic hydroxyl groups is 1. The van der Waals surface area contributed by atoms with Crippen LogP contribution in [0.4, 0.5) is 0 Å². The highest BCUT2D eigenvalue weighted by molar-refractivity contribution is 5.88. The fraction of sp³-hybridized carbons (Fsp3) is 0.471. The van der Waals surface area contributed by atoms with Crippen molar-refractivity contribution in [2.75, 3.05) is 0 Å². The molecule has 1 unspecified atom stereocenters. The van der Waals surface area contributed by atoms with Crippen molar-refractivity contribution in [2.24, 2.45) is 11.7 Å². The second-order valence-corrected chi connectivity index (χ2v) is 5.80. The molecule has 0 fully saturated rings. The van der Waals surface area contributed by atoms with E-state index in [9.17, 15) is 9.90 Å². The molecule has 114 valence electrons. The molecular formula is C17H24N2O2. The van der Waals surface area contributed by atoms with Gasteiger partial charge in [0, 0.05) is 23.0 Å². The highest BCUT2D eigenvalue weighted by atomic mass is 16.3. The van der Waals surface area contributed by atoms with Crippen molar-refractivity contribution in [3.63, 3.8) is 0 Å². The minimum absolute atomic E-state index is 0.0126. The second kappa shape index (κ2) is 6.76. The fourth-order valence-corrected chi connectivity index (χ4v) is 2.69. The van der Waals surface area contributed by atoms with Crippen molar-refractivity contribution < 1.29 is 9.90 Å². The summed E-state index contributed by atoms with van der Waals surface area (Å²) >= 11 is 0. The van der Waals surface area contributed by atoms with E-state index in [1.807, 2.05) is 19.2 Å². The summed E-state index contributed by atoms with van der Waals surface area (Å²) in [4.78, 5) is 15.4. The Labute approximate surface area is 125 Å². The van der Waals surface area contributed by atoms with Gasteiger partial charge in [-0.05, 0) is 36.6 Å². The molecule has 0 saturated heterocycles. The SMILES string of the molecule is CCCCC(C)C(=O)[C@@H](N)Cc1c[nH]c2ccc(O)cc12. The van der Waals surface area contributed by atoms with Gasteiger partial charge in [0.15, 0.2) is 5.78 Å². The number of hydrogen-bond acceptors (Lipinski definition) is 3. The number of benzene rings is 1. The van der Waals surface area contributed by atoms with Gasteiger partial charge in [0.25, 0.3) is 0 Å². The van der Waals surface area contributed by atoms with Crippen molar-refractivity contribution in [3.8, 4) is 5.75 Å². The Morgan fingerprint density at radius 1 is 1.43 bits per heavy atom. The zero-order valence-corrected chi connectivity index (χ0v) is 12.7. The van der Waals surface area contributed by atoms with Crippen LogP contribution in [0.5, 0.6) is 5.75 Å². The summed E-state index contributed by atoms with van der Waals surface area (Å²) in [6.45, 7) is 4.08. The highest BCUT2D eigenvalue weighted by Gasteiger charge is 2.21. The van der Waals surface area contributed by atoms with Crippen LogP contribution in [-0.4, -0.2) is 21.9 Å². The van der Waals surface area contributed by atoms with Crippen molar-refractivity contribution in [2.45, 2.75) is 45.6 Å². The first-order valence-electron chi connectivity index (χ1n) is 7.61. The fourth-order valence-electron chi connectivity index (χ4n) is 2.69. The topological polar surface area (TPSA) is 79.1 Å². The molecule has 2 atom stereocenters. The number of ketones is 1. The highest BCUT2D eigenvalue weighted by Crippen LogP contribution is 2.24. The lowest BCUT2D eigenvalue weighted by atomic mass is 9.92. The number of fused-ring (bicyclic) bond motifs is 1. The summed E-state index contributed by atoms with van der Waals surface area (Å²) in [5.41, 5.74) is 8.01. The van der Waals surface area contributed by atoms with Crippen LogP contribution in [0.2, 0.25) is 0 Å². The van der Waals surface area contributed by atoms with E-state index in [0.29, 0.717) is 6.42 Å². The van der Waals surface area contributed by atoms with E-state index < -0.39 is 6.04 Å². The molecule has 0 radical (unpaired) electrons. The largest absolute Gasteiger partial charge is 0.508 e. The van der Waals surface area contributed by atoms with Gasteiger partial charge < -0.3 is 15.8 Å². The average molecular weight is 288 g/mol. The molecule has 0 amide bonds. The first-order valence-corrected chi connectivity index (χ1v) is 7.61. The van der Waals surface area contributed by atoms with Gasteiger partial charge in [-0.15, -0.1) is 0 Å². The van der Waals surface area contributed by atoms with Crippen LogP contribution in [0.1, 0.15) is 38.7 Å². The monoisotopic (exact) mass is 288 g/mol. The van der Waals surface area contributed by atoms with Gasteiger partial charge in [-0.3, -0.25) is 4.79 Å². The van der Waals surface area contributed by atoms with Gasteiger partial charge in [-0.25, -0.2) is 0 Å². The summed E-state index contributed by atoms with van der Waals surface area (Å²) < 4.78 is 0. The number of phenols is 1. The van der Waals surface area contributed by atoms with Crippen molar-refractivity contribution in [1.29, 1.82) is 0 Å². The van der Waals surface area contributed by atoms with Gasteiger partial charge in [0.2, 0.25) is 0 Å². The van der Waals surface area contributed by atoms with Gasteiger partial charge in [-0.2, -0.15) is 0 Å². The number of aromatic amines is 1. The Hall–Kier alpha value is -1.81. The molecule has 2 aromatic rings. The lowest BCUT2D eigenvalue weighted by molar-refractivity contribution is -0.123. The molecule has 4 heteroatoms. The molecule has 4 N–H and O–H groups in total. The summed E-state index contributed by atoms with van der Waals surface area (Å²) in [5, 5.41) is 10.5. The number of carbonyl (C=O) groups excluding carboxylic acids is 1. The average Bonchev–Trinajstić information content (AvgIpc) is 2.86. The lowest BCUT2D eigenvalue weighted by Crippen LogP contribution is -2.36. The molecular weight excluding hydrogens is 264 g/mol. The maximum Gasteiger partial charge on any atom is 0.152 e. The molecule has 0 aliphatic carbocycles. The second-order valence-electron chi connectivity index (χ2n) is 5.80. The Kier molecular flexibility index (Phi) is 5.02. The third-order valence-electron chi connectivity index (χ3n) is 4.03. The summed E-state index contributed by atoms with van der Waals surface area (Å²) in [6, 6.07) is 4.68. The molecule has 0 bridgehead atoms. The van der Waals surface area contributed by atoms with Gasteiger partial charge >= 0.3 is 0 Å². The number of nitrogens with one attached hydrogen (secondary N) is 1. The predicted octanol–water partition coefficient (Wildman–Crippen LogP) is 3.14. The Balaban J connectivity index is 2.08. The molecule has 21 heavy (non-hydrogen) atoms. The zero-order valence-electron chi connectivity index (χ0n) is 12.7. The maximum absolute atomic E-state index is 12.3. The van der Waals surface area contributed by atoms with Crippen LogP contribution in [0.25, 0.3) is 10.9 Å². The molecule has 0 aliphatic rings. The molecule has 0 saturated carbocycles. The summed E-state index contributed by atoms with van der Waals surface area (Å²) in [7, 11) is 0. The number of aromatic nitrogens is 1. The number of phenolic OH excluding ortho intramolecular Hbond substituents is 1. The van der Waals surface area contributed by atoms with Crippen molar-refractivity contribution in [3.05, 3.63) is 30.0 Å². The number of Topliss-reactive ketones (excluding diaryl/α,β-unsaturated/α-hetero) is 1. The van der Waals surface area contributed by atoms with E-state index in [4.69, 9.17) is 5.73 Å². The standard InChI is InChI=1S/C17H24N2O2/c1-3-4-5-11(2)17(21)15(18)8-12-10-19-16-7-6-13(20)9-14(12)16/h6-7,9-11,15,19-20H,3-5,8,18H2,1-2H3/t11?,15-/m0/s1. The van der Waals surface area contributed by atoms with Crippen LogP contribution >= 0.6 is 0 Å².